The van der Waals surface area contributed by atoms with Crippen molar-refractivity contribution in [2.75, 3.05) is 0 Å². The third kappa shape index (κ3) is 3.24. The normalized spacial score (nSPS) is 13.7. The quantitative estimate of drug-likeness (QED) is 0.879. The molecule has 0 radical (unpaired) electrons. The first-order valence-electron chi connectivity index (χ1n) is 4.13. The largest absolute Gasteiger partial charge is 0.388 e. The molecule has 1 N–H and O–H groups in total. The van der Waals surface area contributed by atoms with Crippen molar-refractivity contribution < 1.29 is 5.11 Å². The Morgan fingerprint density at radius 1 is 1.62 bits per heavy atom. The minimum absolute atomic E-state index is 0.381. The lowest BCUT2D eigenvalue weighted by Gasteiger charge is -2.10. The number of rotatable bonds is 3. The Morgan fingerprint density at radius 3 is 2.62 bits per heavy atom. The third-order valence-electron chi connectivity index (χ3n) is 1.69. The molecule has 1 nitrogen and oxygen atoms in total. The Balaban J connectivity index is 2.71. The van der Waals surface area contributed by atoms with Crippen LogP contribution >= 0.6 is 38.9 Å². The van der Waals surface area contributed by atoms with E-state index in [2.05, 4.69) is 29.8 Å². The van der Waals surface area contributed by atoms with Gasteiger partial charge in [0.2, 0.25) is 0 Å². The first kappa shape index (κ1) is 11.5. The molecule has 1 aromatic heterocycles. The lowest BCUT2D eigenvalue weighted by Crippen LogP contribution is -1.99. The molecule has 0 aliphatic rings. The average molecular weight is 284 g/mol. The average Bonchev–Trinajstić information content (AvgIpc) is 2.31. The van der Waals surface area contributed by atoms with Gasteiger partial charge in [-0.2, -0.15) is 0 Å². The summed E-state index contributed by atoms with van der Waals surface area (Å²) in [5.74, 6) is 0.495. The molecule has 0 fully saturated rings. The highest BCUT2D eigenvalue weighted by atomic mass is 79.9. The Bertz CT molecular complexity index is 266. The van der Waals surface area contributed by atoms with Crippen molar-refractivity contribution in [3.8, 4) is 0 Å². The summed E-state index contributed by atoms with van der Waals surface area (Å²) in [5, 5.41) is 9.76. The van der Waals surface area contributed by atoms with Gasteiger partial charge in [0.25, 0.3) is 0 Å². The Labute approximate surface area is 95.9 Å². The first-order chi connectivity index (χ1) is 6.00. The van der Waals surface area contributed by atoms with Crippen LogP contribution in [0.4, 0.5) is 0 Å². The van der Waals surface area contributed by atoms with Crippen molar-refractivity contribution in [2.24, 2.45) is 5.92 Å². The second kappa shape index (κ2) is 4.78. The molecule has 0 aliphatic heterocycles. The molecule has 0 amide bonds. The van der Waals surface area contributed by atoms with Crippen LogP contribution in [0.2, 0.25) is 4.34 Å². The van der Waals surface area contributed by atoms with Gasteiger partial charge in [-0.25, -0.2) is 0 Å². The lowest BCUT2D eigenvalue weighted by atomic mass is 10.1. The van der Waals surface area contributed by atoms with E-state index in [-0.39, 0.29) is 6.10 Å². The maximum atomic E-state index is 9.76. The first-order valence-corrected chi connectivity index (χ1v) is 6.12. The van der Waals surface area contributed by atoms with Gasteiger partial charge in [-0.3, -0.25) is 0 Å². The molecular weight excluding hydrogens is 272 g/mol. The van der Waals surface area contributed by atoms with Gasteiger partial charge in [-0.1, -0.05) is 25.4 Å². The van der Waals surface area contributed by atoms with E-state index in [0.717, 1.165) is 15.8 Å². The van der Waals surface area contributed by atoms with Gasteiger partial charge in [0.1, 0.15) is 4.34 Å². The summed E-state index contributed by atoms with van der Waals surface area (Å²) in [6, 6.07) is 1.89. The van der Waals surface area contributed by atoms with Crippen molar-refractivity contribution >= 4 is 38.9 Å². The van der Waals surface area contributed by atoms with Crippen molar-refractivity contribution in [1.82, 2.24) is 0 Å². The number of hydrogen-bond donors (Lipinski definition) is 1. The van der Waals surface area contributed by atoms with Crippen LogP contribution in [0.3, 0.4) is 0 Å². The van der Waals surface area contributed by atoms with Crippen LogP contribution in [0.5, 0.6) is 0 Å². The summed E-state index contributed by atoms with van der Waals surface area (Å²) in [6.45, 7) is 4.18. The Kier molecular flexibility index (Phi) is 4.23. The van der Waals surface area contributed by atoms with Crippen molar-refractivity contribution in [3.05, 3.63) is 19.8 Å². The van der Waals surface area contributed by atoms with Crippen molar-refractivity contribution in [3.63, 3.8) is 0 Å². The molecule has 1 heterocycles. The summed E-state index contributed by atoms with van der Waals surface area (Å²) in [7, 11) is 0. The molecule has 1 atom stereocenters. The standard InChI is InChI=1S/C9H12BrClOS/c1-5(2)3-7(12)8-4-6(10)9(11)13-8/h4-5,7,12H,3H2,1-2H3. The van der Waals surface area contributed by atoms with Gasteiger partial charge in [0.15, 0.2) is 0 Å². The van der Waals surface area contributed by atoms with Crippen LogP contribution in [-0.2, 0) is 0 Å². The summed E-state index contributed by atoms with van der Waals surface area (Å²) in [5.41, 5.74) is 0. The van der Waals surface area contributed by atoms with Crippen LogP contribution in [0.1, 0.15) is 31.2 Å². The minimum atomic E-state index is -0.381. The number of aliphatic hydroxyl groups is 1. The van der Waals surface area contributed by atoms with Gasteiger partial charge < -0.3 is 5.11 Å². The fourth-order valence-corrected chi connectivity index (χ4v) is 2.83. The maximum Gasteiger partial charge on any atom is 0.107 e. The Morgan fingerprint density at radius 2 is 2.23 bits per heavy atom. The van der Waals surface area contributed by atoms with Crippen LogP contribution in [0.25, 0.3) is 0 Å². The highest BCUT2D eigenvalue weighted by Gasteiger charge is 2.14. The molecule has 0 aromatic carbocycles. The lowest BCUT2D eigenvalue weighted by molar-refractivity contribution is 0.154. The number of hydrogen-bond acceptors (Lipinski definition) is 2. The zero-order valence-corrected chi connectivity index (χ0v) is 10.7. The van der Waals surface area contributed by atoms with Gasteiger partial charge in [-0.15, -0.1) is 11.3 Å². The topological polar surface area (TPSA) is 20.2 Å². The van der Waals surface area contributed by atoms with Crippen LogP contribution < -0.4 is 0 Å². The fourth-order valence-electron chi connectivity index (χ4n) is 1.09. The second-order valence-corrected chi connectivity index (χ2v) is 5.96. The smallest absolute Gasteiger partial charge is 0.107 e. The number of thiophene rings is 1. The predicted molar refractivity (Wildman–Crippen MR) is 61.4 cm³/mol. The molecule has 0 spiro atoms. The van der Waals surface area contributed by atoms with Crippen LogP contribution in [0, 0.1) is 5.92 Å². The number of aliphatic hydroxyl groups excluding tert-OH is 1. The number of halogens is 2. The summed E-state index contributed by atoms with van der Waals surface area (Å²) in [4.78, 5) is 0.936. The van der Waals surface area contributed by atoms with E-state index in [9.17, 15) is 5.11 Å². The second-order valence-electron chi connectivity index (χ2n) is 3.42. The molecule has 0 saturated carbocycles. The van der Waals surface area contributed by atoms with Gasteiger partial charge in [0, 0.05) is 9.35 Å². The van der Waals surface area contributed by atoms with Crippen LogP contribution in [-0.4, -0.2) is 5.11 Å². The molecule has 13 heavy (non-hydrogen) atoms. The highest BCUT2D eigenvalue weighted by molar-refractivity contribution is 9.10. The summed E-state index contributed by atoms with van der Waals surface area (Å²) in [6.07, 6.45) is 0.400. The fraction of sp³-hybridized carbons (Fsp3) is 0.556. The molecule has 0 aliphatic carbocycles. The SMILES string of the molecule is CC(C)CC(O)c1cc(Br)c(Cl)s1. The summed E-state index contributed by atoms with van der Waals surface area (Å²) >= 11 is 10.6. The zero-order chi connectivity index (χ0) is 10.0. The molecule has 4 heteroatoms. The van der Waals surface area contributed by atoms with E-state index in [1.165, 1.54) is 11.3 Å². The molecule has 1 aromatic rings. The maximum absolute atomic E-state index is 9.76. The van der Waals surface area contributed by atoms with Gasteiger partial charge in [-0.05, 0) is 34.3 Å². The van der Waals surface area contributed by atoms with E-state index in [1.807, 2.05) is 6.07 Å². The van der Waals surface area contributed by atoms with Crippen molar-refractivity contribution in [2.45, 2.75) is 26.4 Å². The third-order valence-corrected chi connectivity index (χ3v) is 4.26. The van der Waals surface area contributed by atoms with Crippen LogP contribution in [0.15, 0.2) is 10.5 Å². The monoisotopic (exact) mass is 282 g/mol. The molecule has 0 saturated heterocycles. The predicted octanol–water partition coefficient (Wildman–Crippen LogP) is 4.24. The van der Waals surface area contributed by atoms with E-state index >= 15 is 0 Å². The zero-order valence-electron chi connectivity index (χ0n) is 7.55. The van der Waals surface area contributed by atoms with Gasteiger partial charge >= 0.3 is 0 Å². The molecule has 0 bridgehead atoms. The molecule has 74 valence electrons. The Hall–Kier alpha value is 0.430. The molecular formula is C9H12BrClOS. The van der Waals surface area contributed by atoms with E-state index < -0.39 is 0 Å². The van der Waals surface area contributed by atoms with Crippen molar-refractivity contribution in [1.29, 1.82) is 0 Å². The van der Waals surface area contributed by atoms with E-state index in [4.69, 9.17) is 11.6 Å². The summed E-state index contributed by atoms with van der Waals surface area (Å²) < 4.78 is 1.58. The van der Waals surface area contributed by atoms with E-state index in [1.54, 1.807) is 0 Å². The molecule has 1 rings (SSSR count). The minimum Gasteiger partial charge on any atom is -0.388 e. The molecule has 1 unspecified atom stereocenters. The van der Waals surface area contributed by atoms with E-state index in [0.29, 0.717) is 10.3 Å². The van der Waals surface area contributed by atoms with Gasteiger partial charge in [0.05, 0.1) is 6.10 Å². The highest BCUT2D eigenvalue weighted by Crippen LogP contribution is 2.36.